The van der Waals surface area contributed by atoms with Gasteiger partial charge in [0, 0.05) is 18.1 Å². The third kappa shape index (κ3) is 6.16. The van der Waals surface area contributed by atoms with Gasteiger partial charge in [-0.15, -0.1) is 0 Å². The van der Waals surface area contributed by atoms with Crippen molar-refractivity contribution in [3.8, 4) is 0 Å². The Labute approximate surface area is 129 Å². The summed E-state index contributed by atoms with van der Waals surface area (Å²) in [6, 6.07) is 11.6. The van der Waals surface area contributed by atoms with E-state index in [1.165, 1.54) is 31.2 Å². The van der Waals surface area contributed by atoms with E-state index < -0.39 is 0 Å². The summed E-state index contributed by atoms with van der Waals surface area (Å²) in [5.41, 5.74) is 1.28. The Morgan fingerprint density at radius 3 is 2.81 bits per heavy atom. The summed E-state index contributed by atoms with van der Waals surface area (Å²) >= 11 is 0. The fraction of sp³-hybridized carbons (Fsp3) is 0.667. The molecule has 1 aliphatic heterocycles. The molecule has 3 nitrogen and oxygen atoms in total. The van der Waals surface area contributed by atoms with Gasteiger partial charge in [0.05, 0.1) is 6.61 Å². The van der Waals surface area contributed by atoms with Crippen molar-refractivity contribution in [3.05, 3.63) is 35.9 Å². The maximum absolute atomic E-state index is 9.61. The molecule has 0 radical (unpaired) electrons. The van der Waals surface area contributed by atoms with Crippen LogP contribution in [0.5, 0.6) is 0 Å². The minimum atomic E-state index is 0.146. The Kier molecular flexibility index (Phi) is 7.20. The Balaban J connectivity index is 1.77. The Morgan fingerprint density at radius 1 is 1.24 bits per heavy atom. The molecule has 2 rings (SSSR count). The molecule has 3 N–H and O–H groups in total. The van der Waals surface area contributed by atoms with E-state index in [2.05, 4.69) is 41.8 Å². The first-order chi connectivity index (χ1) is 10.3. The molecule has 2 unspecified atom stereocenters. The lowest BCUT2D eigenvalue weighted by Crippen LogP contribution is -2.44. The SMILES string of the molecule is CC(CC1CCCCCN1)N[C@@H](CO)Cc1ccccc1. The van der Waals surface area contributed by atoms with E-state index in [4.69, 9.17) is 0 Å². The average molecular weight is 290 g/mol. The Bertz CT molecular complexity index is 374. The van der Waals surface area contributed by atoms with Gasteiger partial charge in [0.2, 0.25) is 0 Å². The highest BCUT2D eigenvalue weighted by atomic mass is 16.3. The molecule has 0 amide bonds. The largest absolute Gasteiger partial charge is 0.395 e. The van der Waals surface area contributed by atoms with Crippen LogP contribution >= 0.6 is 0 Å². The first-order valence-electron chi connectivity index (χ1n) is 8.42. The van der Waals surface area contributed by atoms with E-state index in [0.717, 1.165) is 19.4 Å². The highest BCUT2D eigenvalue weighted by molar-refractivity contribution is 5.15. The van der Waals surface area contributed by atoms with E-state index in [0.29, 0.717) is 12.1 Å². The van der Waals surface area contributed by atoms with Crippen LogP contribution in [-0.4, -0.2) is 36.4 Å². The van der Waals surface area contributed by atoms with Gasteiger partial charge in [-0.25, -0.2) is 0 Å². The molecule has 0 aromatic heterocycles. The van der Waals surface area contributed by atoms with Gasteiger partial charge in [-0.1, -0.05) is 43.2 Å². The molecular formula is C18H30N2O. The van der Waals surface area contributed by atoms with Crippen molar-refractivity contribution < 1.29 is 5.11 Å². The van der Waals surface area contributed by atoms with Gasteiger partial charge < -0.3 is 15.7 Å². The standard InChI is InChI=1S/C18H30N2O/c1-15(12-17-10-6-3-7-11-19-17)20-18(14-21)13-16-8-4-2-5-9-16/h2,4-5,8-9,15,17-21H,3,6-7,10-14H2,1H3/t15?,17?,18-/m1/s1. The molecule has 0 saturated carbocycles. The summed E-state index contributed by atoms with van der Waals surface area (Å²) in [4.78, 5) is 0. The molecule has 118 valence electrons. The lowest BCUT2D eigenvalue weighted by atomic mass is 10.0. The Hall–Kier alpha value is -0.900. The number of benzene rings is 1. The fourth-order valence-corrected chi connectivity index (χ4v) is 3.27. The number of aliphatic hydroxyl groups is 1. The van der Waals surface area contributed by atoms with Crippen LogP contribution in [0.4, 0.5) is 0 Å². The number of rotatable bonds is 7. The van der Waals surface area contributed by atoms with Crippen molar-refractivity contribution in [1.82, 2.24) is 10.6 Å². The summed E-state index contributed by atoms with van der Waals surface area (Å²) in [7, 11) is 0. The van der Waals surface area contributed by atoms with Crippen molar-refractivity contribution >= 4 is 0 Å². The van der Waals surface area contributed by atoms with Crippen molar-refractivity contribution in [3.63, 3.8) is 0 Å². The molecule has 1 aromatic rings. The molecule has 3 atom stereocenters. The summed E-state index contributed by atoms with van der Waals surface area (Å²) in [5, 5.41) is 16.9. The fourth-order valence-electron chi connectivity index (χ4n) is 3.27. The second-order valence-corrected chi connectivity index (χ2v) is 6.37. The minimum absolute atomic E-state index is 0.146. The molecule has 1 aliphatic rings. The van der Waals surface area contributed by atoms with Gasteiger partial charge in [-0.2, -0.15) is 0 Å². The van der Waals surface area contributed by atoms with Gasteiger partial charge >= 0.3 is 0 Å². The molecular weight excluding hydrogens is 260 g/mol. The van der Waals surface area contributed by atoms with Crippen LogP contribution < -0.4 is 10.6 Å². The first kappa shape index (κ1) is 16.5. The van der Waals surface area contributed by atoms with Crippen molar-refractivity contribution in [2.24, 2.45) is 0 Å². The molecule has 0 aliphatic carbocycles. The second kappa shape index (κ2) is 9.19. The van der Waals surface area contributed by atoms with Crippen LogP contribution in [0.3, 0.4) is 0 Å². The third-order valence-corrected chi connectivity index (χ3v) is 4.37. The van der Waals surface area contributed by atoms with E-state index in [1.54, 1.807) is 0 Å². The smallest absolute Gasteiger partial charge is 0.0587 e. The predicted octanol–water partition coefficient (Wildman–Crippen LogP) is 2.49. The highest BCUT2D eigenvalue weighted by Gasteiger charge is 2.17. The summed E-state index contributed by atoms with van der Waals surface area (Å²) in [6.45, 7) is 3.59. The minimum Gasteiger partial charge on any atom is -0.395 e. The van der Waals surface area contributed by atoms with Crippen LogP contribution in [0.1, 0.15) is 44.6 Å². The third-order valence-electron chi connectivity index (χ3n) is 4.37. The van der Waals surface area contributed by atoms with Gasteiger partial charge in [0.25, 0.3) is 0 Å². The number of hydrogen-bond acceptors (Lipinski definition) is 3. The van der Waals surface area contributed by atoms with Crippen LogP contribution in [0, 0.1) is 0 Å². The first-order valence-corrected chi connectivity index (χ1v) is 8.42. The molecule has 1 aromatic carbocycles. The maximum Gasteiger partial charge on any atom is 0.0587 e. The molecule has 0 spiro atoms. The van der Waals surface area contributed by atoms with Crippen LogP contribution in [-0.2, 0) is 6.42 Å². The topological polar surface area (TPSA) is 44.3 Å². The zero-order chi connectivity index (χ0) is 14.9. The molecule has 0 bridgehead atoms. The van der Waals surface area contributed by atoms with Gasteiger partial charge in [0.15, 0.2) is 0 Å². The van der Waals surface area contributed by atoms with E-state index in [1.807, 2.05) is 6.07 Å². The summed E-state index contributed by atoms with van der Waals surface area (Å²) in [6.07, 6.45) is 7.33. The van der Waals surface area contributed by atoms with E-state index in [-0.39, 0.29) is 12.6 Å². The molecule has 1 heterocycles. The Morgan fingerprint density at radius 2 is 2.05 bits per heavy atom. The summed E-state index contributed by atoms with van der Waals surface area (Å²) in [5.74, 6) is 0. The number of hydrogen-bond donors (Lipinski definition) is 3. The highest BCUT2D eigenvalue weighted by Crippen LogP contribution is 2.13. The second-order valence-electron chi connectivity index (χ2n) is 6.37. The normalized spacial score (nSPS) is 22.5. The molecule has 3 heteroatoms. The maximum atomic E-state index is 9.61. The molecule has 1 fully saturated rings. The van der Waals surface area contributed by atoms with Gasteiger partial charge in [-0.05, 0) is 44.7 Å². The van der Waals surface area contributed by atoms with Crippen molar-refractivity contribution in [2.45, 2.75) is 63.6 Å². The average Bonchev–Trinajstić information content (AvgIpc) is 2.76. The van der Waals surface area contributed by atoms with Crippen LogP contribution in [0.25, 0.3) is 0 Å². The lowest BCUT2D eigenvalue weighted by Gasteiger charge is -2.25. The van der Waals surface area contributed by atoms with E-state index in [9.17, 15) is 5.11 Å². The van der Waals surface area contributed by atoms with Crippen molar-refractivity contribution in [1.29, 1.82) is 0 Å². The quantitative estimate of drug-likeness (QED) is 0.723. The van der Waals surface area contributed by atoms with E-state index >= 15 is 0 Å². The predicted molar refractivity (Wildman–Crippen MR) is 88.5 cm³/mol. The van der Waals surface area contributed by atoms with Crippen molar-refractivity contribution in [2.75, 3.05) is 13.2 Å². The zero-order valence-electron chi connectivity index (χ0n) is 13.2. The summed E-state index contributed by atoms with van der Waals surface area (Å²) < 4.78 is 0. The zero-order valence-corrected chi connectivity index (χ0v) is 13.2. The molecule has 21 heavy (non-hydrogen) atoms. The van der Waals surface area contributed by atoms with Crippen LogP contribution in [0.15, 0.2) is 30.3 Å². The number of nitrogens with one attached hydrogen (secondary N) is 2. The molecule has 1 saturated heterocycles. The van der Waals surface area contributed by atoms with Crippen LogP contribution in [0.2, 0.25) is 0 Å². The van der Waals surface area contributed by atoms with Gasteiger partial charge in [-0.3, -0.25) is 0 Å². The lowest BCUT2D eigenvalue weighted by molar-refractivity contribution is 0.226. The van der Waals surface area contributed by atoms with Gasteiger partial charge in [0.1, 0.15) is 0 Å². The monoisotopic (exact) mass is 290 g/mol. The number of aliphatic hydroxyl groups excluding tert-OH is 1.